The Bertz CT molecular complexity index is 785. The average molecular weight is 329 g/mol. The van der Waals surface area contributed by atoms with Crippen molar-refractivity contribution in [3.63, 3.8) is 0 Å². The summed E-state index contributed by atoms with van der Waals surface area (Å²) in [5, 5.41) is 5.82. The van der Waals surface area contributed by atoms with Gasteiger partial charge >= 0.3 is 0 Å². The van der Waals surface area contributed by atoms with Crippen LogP contribution < -0.4 is 10.1 Å². The molecule has 120 valence electrons. The molecule has 0 aliphatic carbocycles. The van der Waals surface area contributed by atoms with Crippen molar-refractivity contribution in [1.29, 1.82) is 0 Å². The van der Waals surface area contributed by atoms with Crippen molar-refractivity contribution in [3.8, 4) is 5.75 Å². The van der Waals surface area contributed by atoms with Crippen molar-refractivity contribution < 1.29 is 9.13 Å². The third kappa shape index (κ3) is 3.38. The highest BCUT2D eigenvalue weighted by Crippen LogP contribution is 2.37. The number of halogens is 1. The highest BCUT2D eigenvalue weighted by molar-refractivity contribution is 7.17. The molecule has 0 saturated carbocycles. The second kappa shape index (κ2) is 7.11. The van der Waals surface area contributed by atoms with Gasteiger partial charge in [-0.05, 0) is 49.2 Å². The van der Waals surface area contributed by atoms with Gasteiger partial charge in [-0.1, -0.05) is 30.3 Å². The van der Waals surface area contributed by atoms with E-state index < -0.39 is 0 Å². The molecule has 1 N–H and O–H groups in total. The first-order valence-corrected chi connectivity index (χ1v) is 8.61. The smallest absolute Gasteiger partial charge is 0.138 e. The fourth-order valence-electron chi connectivity index (χ4n) is 2.71. The van der Waals surface area contributed by atoms with Crippen LogP contribution in [0.2, 0.25) is 0 Å². The largest absolute Gasteiger partial charge is 0.484 e. The van der Waals surface area contributed by atoms with E-state index in [0.717, 1.165) is 34.5 Å². The Morgan fingerprint density at radius 3 is 2.70 bits per heavy atom. The van der Waals surface area contributed by atoms with Crippen LogP contribution in [0, 0.1) is 12.7 Å². The number of rotatable bonds is 6. The van der Waals surface area contributed by atoms with Gasteiger partial charge in [0.25, 0.3) is 0 Å². The van der Waals surface area contributed by atoms with E-state index in [1.54, 1.807) is 6.07 Å². The lowest BCUT2D eigenvalue weighted by Crippen LogP contribution is -2.16. The van der Waals surface area contributed by atoms with E-state index in [2.05, 4.69) is 17.4 Å². The van der Waals surface area contributed by atoms with E-state index in [1.807, 2.05) is 37.6 Å². The van der Waals surface area contributed by atoms with Gasteiger partial charge in [0.15, 0.2) is 0 Å². The molecule has 0 unspecified atom stereocenters. The van der Waals surface area contributed by atoms with Crippen molar-refractivity contribution in [1.82, 2.24) is 5.32 Å². The number of fused-ring (bicyclic) bond motifs is 1. The van der Waals surface area contributed by atoms with Gasteiger partial charge < -0.3 is 10.1 Å². The lowest BCUT2D eigenvalue weighted by atomic mass is 10.1. The second-order valence-electron chi connectivity index (χ2n) is 5.58. The van der Waals surface area contributed by atoms with Crippen molar-refractivity contribution in [3.05, 3.63) is 64.8 Å². The van der Waals surface area contributed by atoms with Crippen LogP contribution in [0.3, 0.4) is 0 Å². The minimum absolute atomic E-state index is 0.0558. The van der Waals surface area contributed by atoms with E-state index in [9.17, 15) is 4.39 Å². The summed E-state index contributed by atoms with van der Waals surface area (Å²) in [6.07, 6.45) is 0.795. The summed E-state index contributed by atoms with van der Waals surface area (Å²) < 4.78 is 21.2. The predicted molar refractivity (Wildman–Crippen MR) is 94.9 cm³/mol. The SMILES string of the molecule is CNCC[C@H](Oc1ccc(F)c2c(C)csc12)c1ccccc1. The predicted octanol–water partition coefficient (Wildman–Crippen LogP) is 5.08. The van der Waals surface area contributed by atoms with Gasteiger partial charge in [-0.3, -0.25) is 0 Å². The third-order valence-electron chi connectivity index (χ3n) is 3.92. The summed E-state index contributed by atoms with van der Waals surface area (Å²) in [6.45, 7) is 2.79. The fourth-order valence-corrected chi connectivity index (χ4v) is 3.73. The third-order valence-corrected chi connectivity index (χ3v) is 5.03. The van der Waals surface area contributed by atoms with Crippen molar-refractivity contribution in [2.45, 2.75) is 19.4 Å². The van der Waals surface area contributed by atoms with Gasteiger partial charge in [-0.2, -0.15) is 0 Å². The lowest BCUT2D eigenvalue weighted by Gasteiger charge is -2.20. The maximum Gasteiger partial charge on any atom is 0.138 e. The molecule has 0 aliphatic heterocycles. The number of nitrogens with one attached hydrogen (secondary N) is 1. The van der Waals surface area contributed by atoms with E-state index in [-0.39, 0.29) is 11.9 Å². The van der Waals surface area contributed by atoms with Crippen LogP contribution >= 0.6 is 11.3 Å². The maximum atomic E-state index is 14.1. The Hall–Kier alpha value is -1.91. The number of ether oxygens (including phenoxy) is 1. The number of benzene rings is 2. The Morgan fingerprint density at radius 1 is 1.17 bits per heavy atom. The summed E-state index contributed by atoms with van der Waals surface area (Å²) in [5.74, 6) is 0.571. The number of aryl methyl sites for hydroxylation is 1. The Labute approximate surface area is 139 Å². The monoisotopic (exact) mass is 329 g/mol. The first kappa shape index (κ1) is 16.0. The molecule has 0 amide bonds. The first-order valence-electron chi connectivity index (χ1n) is 7.73. The minimum Gasteiger partial charge on any atom is -0.484 e. The Balaban J connectivity index is 1.95. The lowest BCUT2D eigenvalue weighted by molar-refractivity contribution is 0.198. The molecule has 0 bridgehead atoms. The number of hydrogen-bond donors (Lipinski definition) is 1. The zero-order valence-electron chi connectivity index (χ0n) is 13.3. The Morgan fingerprint density at radius 2 is 1.96 bits per heavy atom. The summed E-state index contributed by atoms with van der Waals surface area (Å²) >= 11 is 1.54. The Kier molecular flexibility index (Phi) is 4.94. The van der Waals surface area contributed by atoms with Crippen LogP contribution in [0.4, 0.5) is 4.39 Å². The highest BCUT2D eigenvalue weighted by atomic mass is 32.1. The zero-order valence-corrected chi connectivity index (χ0v) is 14.1. The van der Waals surface area contributed by atoms with Gasteiger partial charge in [0.1, 0.15) is 17.7 Å². The van der Waals surface area contributed by atoms with Gasteiger partial charge in [0.05, 0.1) is 4.70 Å². The quantitative estimate of drug-likeness (QED) is 0.681. The number of hydrogen-bond acceptors (Lipinski definition) is 3. The molecule has 1 heterocycles. The van der Waals surface area contributed by atoms with Gasteiger partial charge in [0, 0.05) is 11.8 Å². The van der Waals surface area contributed by atoms with E-state index in [1.165, 1.54) is 17.4 Å². The van der Waals surface area contributed by atoms with Gasteiger partial charge in [0.2, 0.25) is 0 Å². The van der Waals surface area contributed by atoms with Crippen molar-refractivity contribution >= 4 is 21.4 Å². The molecule has 3 rings (SSSR count). The summed E-state index contributed by atoms with van der Waals surface area (Å²) in [6, 6.07) is 13.4. The normalized spacial score (nSPS) is 12.5. The zero-order chi connectivity index (χ0) is 16.2. The summed E-state index contributed by atoms with van der Waals surface area (Å²) in [5.41, 5.74) is 2.09. The molecule has 4 heteroatoms. The van der Waals surface area contributed by atoms with Crippen LogP contribution in [-0.2, 0) is 0 Å². The number of thiophene rings is 1. The van der Waals surface area contributed by atoms with Crippen molar-refractivity contribution in [2.24, 2.45) is 0 Å². The van der Waals surface area contributed by atoms with Crippen LogP contribution in [0.25, 0.3) is 10.1 Å². The van der Waals surface area contributed by atoms with E-state index in [4.69, 9.17) is 4.74 Å². The minimum atomic E-state index is -0.183. The molecule has 0 spiro atoms. The van der Waals surface area contributed by atoms with Gasteiger partial charge in [-0.25, -0.2) is 4.39 Å². The molecule has 2 aromatic carbocycles. The average Bonchev–Trinajstić information content (AvgIpc) is 2.97. The summed E-state index contributed by atoms with van der Waals surface area (Å²) in [7, 11) is 1.93. The molecule has 2 nitrogen and oxygen atoms in total. The molecule has 0 aliphatic rings. The van der Waals surface area contributed by atoms with E-state index in [0.29, 0.717) is 5.39 Å². The maximum absolute atomic E-state index is 14.1. The summed E-state index contributed by atoms with van der Waals surface area (Å²) in [4.78, 5) is 0. The first-order chi connectivity index (χ1) is 11.2. The molecule has 0 saturated heterocycles. The van der Waals surface area contributed by atoms with Crippen molar-refractivity contribution in [2.75, 3.05) is 13.6 Å². The topological polar surface area (TPSA) is 21.3 Å². The molecule has 1 atom stereocenters. The molecule has 23 heavy (non-hydrogen) atoms. The van der Waals surface area contributed by atoms with Crippen LogP contribution in [0.15, 0.2) is 47.8 Å². The fraction of sp³-hybridized carbons (Fsp3) is 0.263. The van der Waals surface area contributed by atoms with E-state index >= 15 is 0 Å². The van der Waals surface area contributed by atoms with Crippen LogP contribution in [-0.4, -0.2) is 13.6 Å². The van der Waals surface area contributed by atoms with Crippen LogP contribution in [0.1, 0.15) is 23.7 Å². The second-order valence-corrected chi connectivity index (χ2v) is 6.46. The molecule has 0 fully saturated rings. The molecule has 1 aromatic heterocycles. The molecular formula is C19H20FNOS. The molecular weight excluding hydrogens is 309 g/mol. The van der Waals surface area contributed by atoms with Gasteiger partial charge in [-0.15, -0.1) is 11.3 Å². The molecule has 0 radical (unpaired) electrons. The van der Waals surface area contributed by atoms with Crippen LogP contribution in [0.5, 0.6) is 5.75 Å². The standard InChI is InChI=1S/C19H20FNOS/c1-13-12-23-19-17(9-8-15(20)18(13)19)22-16(10-11-21-2)14-6-4-3-5-7-14/h3-9,12,16,21H,10-11H2,1-2H3/t16-/m0/s1. The highest BCUT2D eigenvalue weighted by Gasteiger charge is 2.17. The molecule has 3 aromatic rings.